The van der Waals surface area contributed by atoms with Gasteiger partial charge in [0, 0.05) is 23.2 Å². The highest BCUT2D eigenvalue weighted by Gasteiger charge is 2.21. The zero-order valence-electron chi connectivity index (χ0n) is 13.5. The lowest BCUT2D eigenvalue weighted by molar-refractivity contribution is 0.536. The minimum Gasteiger partial charge on any atom is -0.322 e. The third-order valence-corrected chi connectivity index (χ3v) is 3.85. The first-order valence-corrected chi connectivity index (χ1v) is 7.36. The summed E-state index contributed by atoms with van der Waals surface area (Å²) in [5.74, 6) is 0. The second-order valence-electron chi connectivity index (χ2n) is 6.22. The van der Waals surface area contributed by atoms with E-state index in [-0.39, 0.29) is 5.56 Å². The first-order valence-electron chi connectivity index (χ1n) is 7.36. The molecule has 2 rings (SSSR count). The number of hydrogen-bond donors (Lipinski definition) is 1. The third-order valence-electron chi connectivity index (χ3n) is 3.85. The Morgan fingerprint density at radius 3 is 2.38 bits per heavy atom. The Kier molecular flexibility index (Phi) is 4.06. The smallest absolute Gasteiger partial charge is 0.256 e. The van der Waals surface area contributed by atoms with E-state index in [1.165, 1.54) is 11.1 Å². The van der Waals surface area contributed by atoms with Crippen LogP contribution in [0.3, 0.4) is 0 Å². The molecule has 112 valence electrons. The number of rotatable bonds is 3. The lowest BCUT2D eigenvalue weighted by Gasteiger charge is -2.22. The topological polar surface area (TPSA) is 48.0 Å². The lowest BCUT2D eigenvalue weighted by atomic mass is 9.95. The Morgan fingerprint density at radius 2 is 1.81 bits per heavy atom. The average Bonchev–Trinajstić information content (AvgIpc) is 2.39. The zero-order valence-corrected chi connectivity index (χ0v) is 13.5. The molecule has 0 aliphatic carbocycles. The summed E-state index contributed by atoms with van der Waals surface area (Å²) in [6.07, 6.45) is 0. The van der Waals surface area contributed by atoms with E-state index < -0.39 is 5.54 Å². The minimum atomic E-state index is -0.631. The summed E-state index contributed by atoms with van der Waals surface area (Å²) in [5, 5.41) is 0. The van der Waals surface area contributed by atoms with Crippen LogP contribution < -0.4 is 11.3 Å². The van der Waals surface area contributed by atoms with Crippen LogP contribution in [-0.2, 0) is 12.1 Å². The predicted molar refractivity (Wildman–Crippen MR) is 88.5 cm³/mol. The van der Waals surface area contributed by atoms with Gasteiger partial charge < -0.3 is 10.3 Å². The molecule has 1 aromatic heterocycles. The molecule has 0 spiro atoms. The number of pyridine rings is 1. The number of aromatic nitrogens is 1. The molecule has 2 aromatic rings. The molecule has 3 heteroatoms. The van der Waals surface area contributed by atoms with Crippen molar-refractivity contribution in [3.8, 4) is 11.3 Å². The van der Waals surface area contributed by atoms with E-state index in [9.17, 15) is 4.79 Å². The molecule has 0 aliphatic rings. The molecule has 1 aromatic carbocycles. The quantitative estimate of drug-likeness (QED) is 0.939. The molecule has 2 N–H and O–H groups in total. The number of aryl methyl sites for hydroxylation is 2. The zero-order chi connectivity index (χ0) is 15.8. The van der Waals surface area contributed by atoms with E-state index in [2.05, 4.69) is 32.0 Å². The minimum absolute atomic E-state index is 0.00315. The van der Waals surface area contributed by atoms with Gasteiger partial charge in [-0.05, 0) is 58.4 Å². The van der Waals surface area contributed by atoms with Crippen molar-refractivity contribution in [1.29, 1.82) is 0 Å². The maximum absolute atomic E-state index is 12.7. The van der Waals surface area contributed by atoms with Gasteiger partial charge in [0.05, 0.1) is 5.69 Å². The molecular formula is C18H24N2O. The summed E-state index contributed by atoms with van der Waals surface area (Å²) >= 11 is 0. The van der Waals surface area contributed by atoms with Crippen LogP contribution in [0.25, 0.3) is 11.3 Å². The molecular weight excluding hydrogens is 260 g/mol. The van der Waals surface area contributed by atoms with Crippen molar-refractivity contribution in [3.05, 3.63) is 57.4 Å². The fraction of sp³-hybridized carbons (Fsp3) is 0.389. The van der Waals surface area contributed by atoms with E-state index in [0.717, 1.165) is 11.3 Å². The standard InChI is InChI=1S/C18H24N2O/c1-6-20-16(14-11-12(2)7-8-13(14)3)10-9-15(17(20)21)18(4,5)19/h7-11H,6,19H2,1-5H3. The molecule has 0 amide bonds. The highest BCUT2D eigenvalue weighted by atomic mass is 16.1. The lowest BCUT2D eigenvalue weighted by Crippen LogP contribution is -2.38. The molecule has 0 bridgehead atoms. The fourth-order valence-corrected chi connectivity index (χ4v) is 2.63. The normalized spacial score (nSPS) is 11.7. The average molecular weight is 284 g/mol. The summed E-state index contributed by atoms with van der Waals surface area (Å²) in [6.45, 7) is 10.5. The van der Waals surface area contributed by atoms with Crippen LogP contribution in [0.4, 0.5) is 0 Å². The van der Waals surface area contributed by atoms with Crippen LogP contribution in [0.5, 0.6) is 0 Å². The van der Waals surface area contributed by atoms with Crippen molar-refractivity contribution in [1.82, 2.24) is 4.57 Å². The van der Waals surface area contributed by atoms with Gasteiger partial charge in [-0.25, -0.2) is 0 Å². The molecule has 0 radical (unpaired) electrons. The molecule has 0 saturated heterocycles. The van der Waals surface area contributed by atoms with Crippen molar-refractivity contribution >= 4 is 0 Å². The Labute approximate surface area is 126 Å². The first kappa shape index (κ1) is 15.5. The fourth-order valence-electron chi connectivity index (χ4n) is 2.63. The summed E-state index contributed by atoms with van der Waals surface area (Å²) in [4.78, 5) is 12.7. The number of nitrogens with zero attached hydrogens (tertiary/aromatic N) is 1. The van der Waals surface area contributed by atoms with Gasteiger partial charge in [0.1, 0.15) is 0 Å². The van der Waals surface area contributed by atoms with E-state index in [1.807, 2.05) is 37.5 Å². The maximum atomic E-state index is 12.7. The predicted octanol–water partition coefficient (Wildman–Crippen LogP) is 3.35. The van der Waals surface area contributed by atoms with Gasteiger partial charge in [-0.3, -0.25) is 4.79 Å². The van der Waals surface area contributed by atoms with Crippen LogP contribution in [-0.4, -0.2) is 4.57 Å². The van der Waals surface area contributed by atoms with E-state index in [1.54, 1.807) is 0 Å². The molecule has 0 fully saturated rings. The van der Waals surface area contributed by atoms with Gasteiger partial charge in [0.25, 0.3) is 5.56 Å². The number of benzene rings is 1. The summed E-state index contributed by atoms with van der Waals surface area (Å²) in [7, 11) is 0. The van der Waals surface area contributed by atoms with Crippen LogP contribution in [0.1, 0.15) is 37.5 Å². The third kappa shape index (κ3) is 2.93. The SMILES string of the molecule is CCn1c(-c2cc(C)ccc2C)ccc(C(C)(C)N)c1=O. The Bertz CT molecular complexity index is 721. The molecule has 21 heavy (non-hydrogen) atoms. The van der Waals surface area contributed by atoms with Crippen molar-refractivity contribution < 1.29 is 0 Å². The van der Waals surface area contributed by atoms with Gasteiger partial charge in [0.15, 0.2) is 0 Å². The monoisotopic (exact) mass is 284 g/mol. The molecule has 0 saturated carbocycles. The molecule has 3 nitrogen and oxygen atoms in total. The van der Waals surface area contributed by atoms with E-state index >= 15 is 0 Å². The van der Waals surface area contributed by atoms with Crippen LogP contribution in [0, 0.1) is 13.8 Å². The Balaban J connectivity index is 2.75. The van der Waals surface area contributed by atoms with Crippen molar-refractivity contribution in [2.45, 2.75) is 46.7 Å². The van der Waals surface area contributed by atoms with Crippen molar-refractivity contribution in [2.24, 2.45) is 5.73 Å². The Hall–Kier alpha value is -1.87. The van der Waals surface area contributed by atoms with E-state index in [4.69, 9.17) is 5.73 Å². The molecule has 0 unspecified atom stereocenters. The first-order chi connectivity index (χ1) is 9.75. The van der Waals surface area contributed by atoms with Gasteiger partial charge in [0.2, 0.25) is 0 Å². The second kappa shape index (κ2) is 5.49. The summed E-state index contributed by atoms with van der Waals surface area (Å²) in [6, 6.07) is 10.2. The summed E-state index contributed by atoms with van der Waals surface area (Å²) < 4.78 is 1.81. The largest absolute Gasteiger partial charge is 0.322 e. The van der Waals surface area contributed by atoms with Gasteiger partial charge in [-0.1, -0.05) is 17.7 Å². The van der Waals surface area contributed by atoms with Crippen LogP contribution in [0.15, 0.2) is 35.1 Å². The van der Waals surface area contributed by atoms with E-state index in [0.29, 0.717) is 12.1 Å². The number of nitrogens with two attached hydrogens (primary N) is 1. The second-order valence-corrected chi connectivity index (χ2v) is 6.22. The van der Waals surface area contributed by atoms with Gasteiger partial charge in [-0.2, -0.15) is 0 Å². The van der Waals surface area contributed by atoms with Gasteiger partial charge >= 0.3 is 0 Å². The Morgan fingerprint density at radius 1 is 1.14 bits per heavy atom. The molecule has 0 atom stereocenters. The van der Waals surface area contributed by atoms with Crippen molar-refractivity contribution in [2.75, 3.05) is 0 Å². The highest BCUT2D eigenvalue weighted by molar-refractivity contribution is 5.65. The van der Waals surface area contributed by atoms with Gasteiger partial charge in [-0.15, -0.1) is 0 Å². The van der Waals surface area contributed by atoms with Crippen LogP contribution >= 0.6 is 0 Å². The van der Waals surface area contributed by atoms with Crippen molar-refractivity contribution in [3.63, 3.8) is 0 Å². The van der Waals surface area contributed by atoms with Crippen LogP contribution in [0.2, 0.25) is 0 Å². The summed E-state index contributed by atoms with van der Waals surface area (Å²) in [5.41, 5.74) is 10.6. The molecule has 1 heterocycles. The maximum Gasteiger partial charge on any atom is 0.256 e. The highest BCUT2D eigenvalue weighted by Crippen LogP contribution is 2.25. The molecule has 0 aliphatic heterocycles. The number of hydrogen-bond acceptors (Lipinski definition) is 2.